The van der Waals surface area contributed by atoms with Crippen LogP contribution >= 0.6 is 0 Å². The number of unbranched alkanes of at least 4 members (excludes halogenated alkanes) is 1. The molecule has 0 aliphatic carbocycles. The maximum absolute atomic E-state index is 11.3. The number of hydrogen-bond donors (Lipinski definition) is 1. The first-order valence-corrected chi connectivity index (χ1v) is 4.74. The van der Waals surface area contributed by atoms with Crippen LogP contribution in [-0.2, 0) is 6.54 Å². The van der Waals surface area contributed by atoms with E-state index in [4.69, 9.17) is 0 Å². The van der Waals surface area contributed by atoms with E-state index in [0.29, 0.717) is 5.52 Å². The van der Waals surface area contributed by atoms with Gasteiger partial charge < -0.3 is 4.98 Å². The number of rotatable bonds is 3. The minimum atomic E-state index is -0.176. The number of aryl methyl sites for hydroxylation is 1. The zero-order valence-corrected chi connectivity index (χ0v) is 8.03. The molecule has 1 N–H and O–H groups in total. The molecule has 0 spiro atoms. The van der Waals surface area contributed by atoms with E-state index in [-0.39, 0.29) is 5.56 Å². The van der Waals surface area contributed by atoms with E-state index in [0.717, 1.165) is 24.9 Å². The molecule has 0 aromatic carbocycles. The van der Waals surface area contributed by atoms with Gasteiger partial charge in [0.25, 0.3) is 5.56 Å². The summed E-state index contributed by atoms with van der Waals surface area (Å²) in [6, 6.07) is 1.83. The van der Waals surface area contributed by atoms with E-state index in [2.05, 4.69) is 22.2 Å². The van der Waals surface area contributed by atoms with Crippen LogP contribution in [0.1, 0.15) is 19.8 Å². The number of pyridine rings is 1. The first-order chi connectivity index (χ1) is 6.83. The summed E-state index contributed by atoms with van der Waals surface area (Å²) in [7, 11) is 0. The average molecular weight is 192 g/mol. The standard InChI is InChI=1S/C9H12N4O/c1-2-3-6-13-7-4-5-10-9(14)8(7)11-12-13/h4-5H,2-3,6H2,1H3,(H,10,14). The highest BCUT2D eigenvalue weighted by Crippen LogP contribution is 2.05. The van der Waals surface area contributed by atoms with Gasteiger partial charge in [-0.1, -0.05) is 18.6 Å². The predicted octanol–water partition coefficient (Wildman–Crippen LogP) is 0.920. The molecule has 0 saturated heterocycles. The Balaban J connectivity index is 2.47. The first kappa shape index (κ1) is 8.93. The van der Waals surface area contributed by atoms with Gasteiger partial charge in [0, 0.05) is 12.7 Å². The number of aromatic amines is 1. The number of hydrogen-bond acceptors (Lipinski definition) is 3. The summed E-state index contributed by atoms with van der Waals surface area (Å²) in [4.78, 5) is 13.9. The zero-order valence-electron chi connectivity index (χ0n) is 8.03. The van der Waals surface area contributed by atoms with Crippen LogP contribution in [0.4, 0.5) is 0 Å². The highest BCUT2D eigenvalue weighted by Gasteiger charge is 2.05. The smallest absolute Gasteiger partial charge is 0.278 e. The van der Waals surface area contributed by atoms with Crippen molar-refractivity contribution in [3.05, 3.63) is 22.6 Å². The highest BCUT2D eigenvalue weighted by atomic mass is 16.1. The summed E-state index contributed by atoms with van der Waals surface area (Å²) in [6.07, 6.45) is 3.77. The molecule has 0 radical (unpaired) electrons. The first-order valence-electron chi connectivity index (χ1n) is 4.74. The fraction of sp³-hybridized carbons (Fsp3) is 0.444. The van der Waals surface area contributed by atoms with Crippen molar-refractivity contribution in [3.8, 4) is 0 Å². The lowest BCUT2D eigenvalue weighted by molar-refractivity contribution is 0.567. The van der Waals surface area contributed by atoms with E-state index in [1.807, 2.05) is 6.07 Å². The Bertz CT molecular complexity index is 485. The topological polar surface area (TPSA) is 63.6 Å². The second-order valence-corrected chi connectivity index (χ2v) is 3.21. The molecule has 0 atom stereocenters. The van der Waals surface area contributed by atoms with Crippen molar-refractivity contribution in [1.82, 2.24) is 20.0 Å². The molecule has 14 heavy (non-hydrogen) atoms. The lowest BCUT2D eigenvalue weighted by Crippen LogP contribution is -2.05. The Morgan fingerprint density at radius 1 is 1.57 bits per heavy atom. The third-order valence-corrected chi connectivity index (χ3v) is 2.17. The second-order valence-electron chi connectivity index (χ2n) is 3.21. The molecule has 2 rings (SSSR count). The van der Waals surface area contributed by atoms with Crippen LogP contribution in [0.5, 0.6) is 0 Å². The number of aromatic nitrogens is 4. The van der Waals surface area contributed by atoms with Gasteiger partial charge >= 0.3 is 0 Å². The molecule has 0 aliphatic heterocycles. The van der Waals surface area contributed by atoms with Crippen molar-refractivity contribution >= 4 is 11.0 Å². The summed E-state index contributed by atoms with van der Waals surface area (Å²) in [5.74, 6) is 0. The Morgan fingerprint density at radius 3 is 3.21 bits per heavy atom. The molecular weight excluding hydrogens is 180 g/mol. The minimum absolute atomic E-state index is 0.176. The molecule has 0 saturated carbocycles. The fourth-order valence-electron chi connectivity index (χ4n) is 1.38. The Hall–Kier alpha value is -1.65. The van der Waals surface area contributed by atoms with Gasteiger partial charge in [0.1, 0.15) is 0 Å². The molecule has 74 valence electrons. The third kappa shape index (κ3) is 1.41. The van der Waals surface area contributed by atoms with Crippen molar-refractivity contribution in [2.24, 2.45) is 0 Å². The maximum Gasteiger partial charge on any atom is 0.278 e. The molecule has 0 fully saturated rings. The van der Waals surface area contributed by atoms with Gasteiger partial charge in [0.2, 0.25) is 0 Å². The lowest BCUT2D eigenvalue weighted by atomic mass is 10.3. The molecule has 0 amide bonds. The third-order valence-electron chi connectivity index (χ3n) is 2.17. The van der Waals surface area contributed by atoms with Crippen molar-refractivity contribution in [3.63, 3.8) is 0 Å². The van der Waals surface area contributed by atoms with E-state index in [1.54, 1.807) is 10.9 Å². The summed E-state index contributed by atoms with van der Waals surface area (Å²) >= 11 is 0. The molecular formula is C9H12N4O. The van der Waals surface area contributed by atoms with Crippen LogP contribution in [0.15, 0.2) is 17.1 Å². The van der Waals surface area contributed by atoms with Crippen molar-refractivity contribution < 1.29 is 0 Å². The van der Waals surface area contributed by atoms with E-state index in [1.165, 1.54) is 0 Å². The summed E-state index contributed by atoms with van der Waals surface area (Å²) in [5, 5.41) is 7.78. The van der Waals surface area contributed by atoms with Gasteiger partial charge in [-0.3, -0.25) is 4.79 Å². The van der Waals surface area contributed by atoms with Gasteiger partial charge in [-0.2, -0.15) is 0 Å². The monoisotopic (exact) mass is 192 g/mol. The zero-order chi connectivity index (χ0) is 9.97. The van der Waals surface area contributed by atoms with Crippen LogP contribution in [0, 0.1) is 0 Å². The van der Waals surface area contributed by atoms with Gasteiger partial charge in [-0.25, -0.2) is 4.68 Å². The van der Waals surface area contributed by atoms with E-state index in [9.17, 15) is 4.79 Å². The van der Waals surface area contributed by atoms with Crippen molar-refractivity contribution in [1.29, 1.82) is 0 Å². The largest absolute Gasteiger partial charge is 0.327 e. The SMILES string of the molecule is CCCCn1nnc2c(=O)[nH]ccc21. The summed E-state index contributed by atoms with van der Waals surface area (Å²) in [6.45, 7) is 2.93. The Morgan fingerprint density at radius 2 is 2.43 bits per heavy atom. The highest BCUT2D eigenvalue weighted by molar-refractivity contribution is 5.72. The molecule has 2 aromatic rings. The molecule has 2 aromatic heterocycles. The van der Waals surface area contributed by atoms with Crippen LogP contribution in [0.25, 0.3) is 11.0 Å². The normalized spacial score (nSPS) is 10.9. The van der Waals surface area contributed by atoms with Crippen LogP contribution in [0.2, 0.25) is 0 Å². The van der Waals surface area contributed by atoms with Crippen LogP contribution in [-0.4, -0.2) is 20.0 Å². The number of fused-ring (bicyclic) bond motifs is 1. The quantitative estimate of drug-likeness (QED) is 0.786. The molecule has 0 aliphatic rings. The molecule has 0 unspecified atom stereocenters. The van der Waals surface area contributed by atoms with Crippen LogP contribution < -0.4 is 5.56 Å². The summed E-state index contributed by atoms with van der Waals surface area (Å²) in [5.41, 5.74) is 1.05. The minimum Gasteiger partial charge on any atom is -0.327 e. The Labute approximate surface area is 80.7 Å². The van der Waals surface area contributed by atoms with Crippen molar-refractivity contribution in [2.45, 2.75) is 26.3 Å². The van der Waals surface area contributed by atoms with E-state index < -0.39 is 0 Å². The molecule has 2 heterocycles. The lowest BCUT2D eigenvalue weighted by Gasteiger charge is -1.98. The number of nitrogens with zero attached hydrogens (tertiary/aromatic N) is 3. The molecule has 5 nitrogen and oxygen atoms in total. The molecule has 0 bridgehead atoms. The number of H-pyrrole nitrogens is 1. The van der Waals surface area contributed by atoms with Crippen molar-refractivity contribution in [2.75, 3.05) is 0 Å². The maximum atomic E-state index is 11.3. The van der Waals surface area contributed by atoms with Gasteiger partial charge in [0.15, 0.2) is 5.52 Å². The average Bonchev–Trinajstić information content (AvgIpc) is 2.60. The van der Waals surface area contributed by atoms with Gasteiger partial charge in [-0.05, 0) is 12.5 Å². The van der Waals surface area contributed by atoms with Gasteiger partial charge in [0.05, 0.1) is 5.52 Å². The molecule has 5 heteroatoms. The number of nitrogens with one attached hydrogen (secondary N) is 1. The van der Waals surface area contributed by atoms with E-state index >= 15 is 0 Å². The van der Waals surface area contributed by atoms with Gasteiger partial charge in [-0.15, -0.1) is 5.10 Å². The summed E-state index contributed by atoms with van der Waals surface area (Å²) < 4.78 is 1.77. The Kier molecular flexibility index (Phi) is 2.30. The second kappa shape index (κ2) is 3.61. The van der Waals surface area contributed by atoms with Crippen LogP contribution in [0.3, 0.4) is 0 Å². The fourth-order valence-corrected chi connectivity index (χ4v) is 1.38. The predicted molar refractivity (Wildman–Crippen MR) is 53.1 cm³/mol.